The van der Waals surface area contributed by atoms with Crippen LogP contribution in [0, 0.1) is 0 Å². The first-order chi connectivity index (χ1) is 15.4. The number of nitrogens with one attached hydrogen (secondary N) is 2. The largest absolute Gasteiger partial charge is 0.372 e. The van der Waals surface area contributed by atoms with E-state index < -0.39 is 0 Å². The van der Waals surface area contributed by atoms with Crippen LogP contribution in [0.3, 0.4) is 0 Å². The number of carbonyl (C=O) groups is 1. The first kappa shape index (κ1) is 23.4. The number of rotatable bonds is 8. The molecule has 0 bridgehead atoms. The minimum atomic E-state index is -0.185. The number of urea groups is 1. The molecule has 0 aromatic heterocycles. The zero-order chi connectivity index (χ0) is 23.1. The summed E-state index contributed by atoms with van der Waals surface area (Å²) in [5, 5.41) is 6.41. The molecule has 0 radical (unpaired) electrons. The summed E-state index contributed by atoms with van der Waals surface area (Å²) >= 11 is 0. The van der Waals surface area contributed by atoms with Crippen molar-refractivity contribution in [2.45, 2.75) is 45.6 Å². The van der Waals surface area contributed by atoms with Crippen molar-refractivity contribution in [3.63, 3.8) is 0 Å². The Balaban J connectivity index is 1.84. The molecule has 0 fully saturated rings. The maximum absolute atomic E-state index is 13.2. The predicted molar refractivity (Wildman–Crippen MR) is 136 cm³/mol. The van der Waals surface area contributed by atoms with Crippen molar-refractivity contribution in [2.24, 2.45) is 0 Å². The van der Waals surface area contributed by atoms with Crippen molar-refractivity contribution >= 4 is 17.4 Å². The van der Waals surface area contributed by atoms with Gasteiger partial charge < -0.3 is 15.5 Å². The zero-order valence-corrected chi connectivity index (χ0v) is 19.8. The molecule has 4 nitrogen and oxygen atoms in total. The first-order valence-electron chi connectivity index (χ1n) is 11.4. The smallest absolute Gasteiger partial charge is 0.319 e. The summed E-state index contributed by atoms with van der Waals surface area (Å²) in [6.07, 6.45) is 0. The van der Waals surface area contributed by atoms with Crippen LogP contribution in [0.4, 0.5) is 16.2 Å². The maximum Gasteiger partial charge on any atom is 0.319 e. The van der Waals surface area contributed by atoms with Gasteiger partial charge in [0.05, 0.1) is 6.04 Å². The lowest BCUT2D eigenvalue weighted by molar-refractivity contribution is 0.248. The van der Waals surface area contributed by atoms with E-state index in [0.717, 1.165) is 28.1 Å². The van der Waals surface area contributed by atoms with Crippen LogP contribution in [0.25, 0.3) is 0 Å². The Bertz CT molecular complexity index is 973. The summed E-state index contributed by atoms with van der Waals surface area (Å²) in [7, 11) is 2.05. The Morgan fingerprint density at radius 2 is 1.31 bits per heavy atom. The molecule has 2 amide bonds. The normalized spacial score (nSPS) is 12.0. The number of hydrogen-bond acceptors (Lipinski definition) is 2. The second-order valence-electron chi connectivity index (χ2n) is 8.90. The summed E-state index contributed by atoms with van der Waals surface area (Å²) in [5.41, 5.74) is 5.43. The van der Waals surface area contributed by atoms with Gasteiger partial charge in [-0.2, -0.15) is 0 Å². The SMILES string of the molecule is CC(C)c1cccc(C(C)C)c1NC(=O)NC(CN(C)c1ccccc1)c1ccccc1. The highest BCUT2D eigenvalue weighted by Gasteiger charge is 2.20. The molecule has 0 aliphatic rings. The summed E-state index contributed by atoms with van der Waals surface area (Å²) in [4.78, 5) is 15.4. The van der Waals surface area contributed by atoms with E-state index in [4.69, 9.17) is 0 Å². The molecule has 0 heterocycles. The van der Waals surface area contributed by atoms with Crippen molar-refractivity contribution in [2.75, 3.05) is 23.8 Å². The molecule has 0 aliphatic heterocycles. The number of carbonyl (C=O) groups excluding carboxylic acids is 1. The predicted octanol–water partition coefficient (Wildman–Crippen LogP) is 6.93. The number of hydrogen-bond donors (Lipinski definition) is 2. The van der Waals surface area contributed by atoms with Crippen LogP contribution in [0.5, 0.6) is 0 Å². The second-order valence-corrected chi connectivity index (χ2v) is 8.90. The van der Waals surface area contributed by atoms with Gasteiger partial charge in [-0.15, -0.1) is 0 Å². The Kier molecular flexibility index (Phi) is 7.93. The summed E-state index contributed by atoms with van der Waals surface area (Å²) in [6.45, 7) is 9.28. The average Bonchev–Trinajstić information content (AvgIpc) is 2.79. The van der Waals surface area contributed by atoms with Crippen LogP contribution < -0.4 is 15.5 Å². The van der Waals surface area contributed by atoms with Crippen molar-refractivity contribution < 1.29 is 4.79 Å². The highest BCUT2D eigenvalue weighted by Crippen LogP contribution is 2.32. The van der Waals surface area contributed by atoms with Gasteiger partial charge >= 0.3 is 6.03 Å². The van der Waals surface area contributed by atoms with Gasteiger partial charge in [-0.1, -0.05) is 94.4 Å². The van der Waals surface area contributed by atoms with Crippen molar-refractivity contribution in [1.82, 2.24) is 5.32 Å². The third kappa shape index (κ3) is 5.91. The molecule has 2 N–H and O–H groups in total. The van der Waals surface area contributed by atoms with Crippen molar-refractivity contribution in [3.05, 3.63) is 95.6 Å². The lowest BCUT2D eigenvalue weighted by Gasteiger charge is -2.28. The zero-order valence-electron chi connectivity index (χ0n) is 19.8. The third-order valence-electron chi connectivity index (χ3n) is 5.77. The van der Waals surface area contributed by atoms with E-state index >= 15 is 0 Å². The van der Waals surface area contributed by atoms with Gasteiger partial charge in [0.2, 0.25) is 0 Å². The minimum Gasteiger partial charge on any atom is -0.372 e. The average molecular weight is 430 g/mol. The van der Waals surface area contributed by atoms with E-state index in [1.165, 1.54) is 0 Å². The second kappa shape index (κ2) is 10.9. The van der Waals surface area contributed by atoms with Crippen LogP contribution in [0.2, 0.25) is 0 Å². The standard InChI is InChI=1S/C28H35N3O/c1-20(2)24-17-12-18-25(21(3)4)27(24)30-28(32)29-26(22-13-8-6-9-14-22)19-31(5)23-15-10-7-11-16-23/h6-18,20-21,26H,19H2,1-5H3,(H2,29,30,32). The van der Waals surface area contributed by atoms with E-state index in [0.29, 0.717) is 18.4 Å². The van der Waals surface area contributed by atoms with E-state index in [2.05, 4.69) is 92.7 Å². The molecule has 3 aromatic carbocycles. The monoisotopic (exact) mass is 429 g/mol. The first-order valence-corrected chi connectivity index (χ1v) is 11.4. The van der Waals surface area contributed by atoms with Gasteiger partial charge in [0.1, 0.15) is 0 Å². The Morgan fingerprint density at radius 1 is 0.781 bits per heavy atom. The number of amides is 2. The Labute approximate surface area is 192 Å². The van der Waals surface area contributed by atoms with Crippen LogP contribution in [-0.4, -0.2) is 19.6 Å². The molecule has 3 aromatic rings. The molecule has 0 spiro atoms. The van der Waals surface area contributed by atoms with Crippen molar-refractivity contribution in [3.8, 4) is 0 Å². The van der Waals surface area contributed by atoms with Gasteiger partial charge in [-0.25, -0.2) is 4.79 Å². The van der Waals surface area contributed by atoms with Gasteiger partial charge in [0, 0.05) is 25.0 Å². The van der Waals surface area contributed by atoms with Crippen LogP contribution in [-0.2, 0) is 0 Å². The minimum absolute atomic E-state index is 0.157. The number of para-hydroxylation sites is 2. The summed E-state index contributed by atoms with van der Waals surface area (Å²) < 4.78 is 0. The molecule has 0 saturated carbocycles. The van der Waals surface area contributed by atoms with Crippen LogP contribution in [0.15, 0.2) is 78.9 Å². The molecule has 4 heteroatoms. The quantitative estimate of drug-likeness (QED) is 0.408. The van der Waals surface area contributed by atoms with Gasteiger partial charge in [0.25, 0.3) is 0 Å². The fourth-order valence-corrected chi connectivity index (χ4v) is 3.98. The maximum atomic E-state index is 13.2. The molecular weight excluding hydrogens is 394 g/mol. The van der Waals surface area contributed by atoms with Gasteiger partial charge in [-0.3, -0.25) is 0 Å². The lowest BCUT2D eigenvalue weighted by Crippen LogP contribution is -2.39. The molecule has 168 valence electrons. The highest BCUT2D eigenvalue weighted by atomic mass is 16.2. The molecule has 0 saturated heterocycles. The van der Waals surface area contributed by atoms with Crippen molar-refractivity contribution in [1.29, 1.82) is 0 Å². The number of likely N-dealkylation sites (N-methyl/N-ethyl adjacent to an activating group) is 1. The number of nitrogens with zero attached hydrogens (tertiary/aromatic N) is 1. The van der Waals surface area contributed by atoms with Crippen LogP contribution >= 0.6 is 0 Å². The third-order valence-corrected chi connectivity index (χ3v) is 5.77. The highest BCUT2D eigenvalue weighted by molar-refractivity contribution is 5.91. The van der Waals surface area contributed by atoms with E-state index in [-0.39, 0.29) is 12.1 Å². The van der Waals surface area contributed by atoms with Gasteiger partial charge in [0.15, 0.2) is 0 Å². The molecule has 0 aliphatic carbocycles. The topological polar surface area (TPSA) is 44.4 Å². The molecular formula is C28H35N3O. The molecule has 1 unspecified atom stereocenters. The van der Waals surface area contributed by atoms with E-state index in [9.17, 15) is 4.79 Å². The Hall–Kier alpha value is -3.27. The lowest BCUT2D eigenvalue weighted by atomic mass is 9.93. The molecule has 1 atom stereocenters. The Morgan fingerprint density at radius 3 is 1.84 bits per heavy atom. The summed E-state index contributed by atoms with van der Waals surface area (Å²) in [6, 6.07) is 26.3. The number of benzene rings is 3. The molecule has 32 heavy (non-hydrogen) atoms. The summed E-state index contributed by atoms with van der Waals surface area (Å²) in [5.74, 6) is 0.635. The van der Waals surface area contributed by atoms with E-state index in [1.54, 1.807) is 0 Å². The fraction of sp³-hybridized carbons (Fsp3) is 0.321. The van der Waals surface area contributed by atoms with Gasteiger partial charge in [-0.05, 0) is 40.7 Å². The van der Waals surface area contributed by atoms with Crippen LogP contribution in [0.1, 0.15) is 62.3 Å². The fourth-order valence-electron chi connectivity index (χ4n) is 3.98. The van der Waals surface area contributed by atoms with E-state index in [1.807, 2.05) is 36.4 Å². The molecule has 3 rings (SSSR count). The number of anilines is 2.